The van der Waals surface area contributed by atoms with Gasteiger partial charge >= 0.3 is 0 Å². The summed E-state index contributed by atoms with van der Waals surface area (Å²) in [6.07, 6.45) is 2.83. The molecule has 0 atom stereocenters. The van der Waals surface area contributed by atoms with E-state index in [1.165, 1.54) is 21.8 Å². The van der Waals surface area contributed by atoms with Crippen molar-refractivity contribution in [1.29, 1.82) is 0 Å². The number of carbonyl (C=O) groups is 1. The standard InChI is InChI=1S/C18H22N6O2/c1-4-23(5-2)14-8-6-13(7-9-14)21-16(25)11-24-12-19-17-15(18(24)26)10-20-22(17)3/h6-10,12H,4-5,11H2,1-3H3,(H,21,25). The number of hydrogen-bond acceptors (Lipinski definition) is 5. The SMILES string of the molecule is CCN(CC)c1ccc(NC(=O)Cn2cnc3c(cnn3C)c2=O)cc1. The van der Waals surface area contributed by atoms with Crippen LogP contribution in [0.3, 0.4) is 0 Å². The smallest absolute Gasteiger partial charge is 0.264 e. The van der Waals surface area contributed by atoms with Crippen molar-refractivity contribution < 1.29 is 4.79 Å². The van der Waals surface area contributed by atoms with Crippen LogP contribution >= 0.6 is 0 Å². The normalized spacial score (nSPS) is 10.9. The molecule has 26 heavy (non-hydrogen) atoms. The Hall–Kier alpha value is -3.16. The number of benzene rings is 1. The maximum atomic E-state index is 12.4. The highest BCUT2D eigenvalue weighted by atomic mass is 16.2. The van der Waals surface area contributed by atoms with E-state index < -0.39 is 0 Å². The van der Waals surface area contributed by atoms with Gasteiger partial charge in [-0.2, -0.15) is 5.10 Å². The third-order valence-corrected chi connectivity index (χ3v) is 4.31. The molecule has 8 heteroatoms. The van der Waals surface area contributed by atoms with Crippen LogP contribution in [-0.2, 0) is 18.4 Å². The quantitative estimate of drug-likeness (QED) is 0.727. The van der Waals surface area contributed by atoms with Gasteiger partial charge in [0.25, 0.3) is 5.56 Å². The van der Waals surface area contributed by atoms with Crippen LogP contribution in [0.4, 0.5) is 11.4 Å². The lowest BCUT2D eigenvalue weighted by atomic mass is 10.2. The highest BCUT2D eigenvalue weighted by molar-refractivity contribution is 5.90. The van der Waals surface area contributed by atoms with Gasteiger partial charge in [0.05, 0.1) is 6.20 Å². The molecular formula is C18H22N6O2. The van der Waals surface area contributed by atoms with E-state index in [1.807, 2.05) is 24.3 Å². The van der Waals surface area contributed by atoms with Crippen LogP contribution < -0.4 is 15.8 Å². The topological polar surface area (TPSA) is 85.1 Å². The number of nitrogens with one attached hydrogen (secondary N) is 1. The summed E-state index contributed by atoms with van der Waals surface area (Å²) in [5.41, 5.74) is 2.01. The zero-order valence-corrected chi connectivity index (χ0v) is 15.1. The third kappa shape index (κ3) is 3.44. The zero-order valence-electron chi connectivity index (χ0n) is 15.1. The van der Waals surface area contributed by atoms with Gasteiger partial charge in [0, 0.05) is 31.5 Å². The molecule has 0 saturated carbocycles. The fourth-order valence-corrected chi connectivity index (χ4v) is 2.88. The number of aromatic nitrogens is 4. The van der Waals surface area contributed by atoms with Crippen molar-refractivity contribution in [1.82, 2.24) is 19.3 Å². The summed E-state index contributed by atoms with van der Waals surface area (Å²) in [6, 6.07) is 7.66. The van der Waals surface area contributed by atoms with E-state index in [0.717, 1.165) is 18.8 Å². The number of fused-ring (bicyclic) bond motifs is 1. The summed E-state index contributed by atoms with van der Waals surface area (Å²) in [5.74, 6) is -0.285. The Morgan fingerprint density at radius 1 is 1.19 bits per heavy atom. The Bertz CT molecular complexity index is 970. The van der Waals surface area contributed by atoms with E-state index in [0.29, 0.717) is 16.7 Å². The minimum absolute atomic E-state index is 0.103. The average Bonchev–Trinajstić information content (AvgIpc) is 3.01. The molecule has 2 aromatic heterocycles. The molecule has 1 amide bonds. The fourth-order valence-electron chi connectivity index (χ4n) is 2.88. The van der Waals surface area contributed by atoms with Crippen LogP contribution in [0, 0.1) is 0 Å². The number of aryl methyl sites for hydroxylation is 1. The Balaban J connectivity index is 1.71. The molecule has 3 aromatic rings. The first-order valence-electron chi connectivity index (χ1n) is 8.55. The van der Waals surface area contributed by atoms with Gasteiger partial charge in [0.1, 0.15) is 18.3 Å². The van der Waals surface area contributed by atoms with Gasteiger partial charge in [0.2, 0.25) is 5.91 Å². The second kappa shape index (κ2) is 7.38. The fraction of sp³-hybridized carbons (Fsp3) is 0.333. The van der Waals surface area contributed by atoms with E-state index in [1.54, 1.807) is 7.05 Å². The van der Waals surface area contributed by atoms with Gasteiger partial charge < -0.3 is 10.2 Å². The van der Waals surface area contributed by atoms with Gasteiger partial charge in [-0.05, 0) is 38.1 Å². The first kappa shape index (κ1) is 17.7. The van der Waals surface area contributed by atoms with Crippen molar-refractivity contribution >= 4 is 28.3 Å². The number of rotatable bonds is 6. The molecule has 0 unspecified atom stereocenters. The number of anilines is 2. The largest absolute Gasteiger partial charge is 0.372 e. The summed E-state index contributed by atoms with van der Waals surface area (Å²) in [5, 5.41) is 7.22. The third-order valence-electron chi connectivity index (χ3n) is 4.31. The minimum atomic E-state index is -0.285. The minimum Gasteiger partial charge on any atom is -0.372 e. The molecule has 0 aliphatic rings. The highest BCUT2D eigenvalue weighted by Crippen LogP contribution is 2.17. The molecule has 2 heterocycles. The molecule has 1 N–H and O–H groups in total. The molecule has 8 nitrogen and oxygen atoms in total. The second-order valence-corrected chi connectivity index (χ2v) is 5.95. The predicted molar refractivity (Wildman–Crippen MR) is 101 cm³/mol. The lowest BCUT2D eigenvalue weighted by molar-refractivity contribution is -0.116. The summed E-state index contributed by atoms with van der Waals surface area (Å²) < 4.78 is 2.81. The number of hydrogen-bond donors (Lipinski definition) is 1. The molecular weight excluding hydrogens is 332 g/mol. The van der Waals surface area contributed by atoms with Crippen molar-refractivity contribution in [3.63, 3.8) is 0 Å². The molecule has 0 aliphatic carbocycles. The predicted octanol–water partition coefficient (Wildman–Crippen LogP) is 1.61. The van der Waals surface area contributed by atoms with E-state index in [9.17, 15) is 9.59 Å². The van der Waals surface area contributed by atoms with E-state index in [4.69, 9.17) is 0 Å². The first-order chi connectivity index (χ1) is 12.5. The number of carbonyl (C=O) groups excluding carboxylic acids is 1. The van der Waals surface area contributed by atoms with Crippen molar-refractivity contribution in [3.05, 3.63) is 47.1 Å². The lowest BCUT2D eigenvalue weighted by Gasteiger charge is -2.21. The number of amides is 1. The summed E-state index contributed by atoms with van der Waals surface area (Å²) in [6.45, 7) is 5.95. The Morgan fingerprint density at radius 2 is 1.88 bits per heavy atom. The van der Waals surface area contributed by atoms with Crippen molar-refractivity contribution in [2.24, 2.45) is 7.05 Å². The molecule has 0 spiro atoms. The molecule has 0 saturated heterocycles. The molecule has 136 valence electrons. The molecule has 1 aromatic carbocycles. The van der Waals surface area contributed by atoms with Crippen molar-refractivity contribution in [2.45, 2.75) is 20.4 Å². The highest BCUT2D eigenvalue weighted by Gasteiger charge is 2.11. The summed E-state index contributed by atoms with van der Waals surface area (Å²) >= 11 is 0. The van der Waals surface area contributed by atoms with E-state index in [-0.39, 0.29) is 18.0 Å². The Labute approximate surface area is 151 Å². The Kier molecular flexibility index (Phi) is 5.01. The van der Waals surface area contributed by atoms with E-state index in [2.05, 4.69) is 34.1 Å². The van der Waals surface area contributed by atoms with Crippen LogP contribution in [0.15, 0.2) is 41.6 Å². The van der Waals surface area contributed by atoms with Crippen LogP contribution in [0.2, 0.25) is 0 Å². The van der Waals surface area contributed by atoms with Gasteiger partial charge in [0.15, 0.2) is 5.65 Å². The van der Waals surface area contributed by atoms with Crippen LogP contribution in [0.25, 0.3) is 11.0 Å². The molecule has 0 aliphatic heterocycles. The second-order valence-electron chi connectivity index (χ2n) is 5.95. The number of nitrogens with zero attached hydrogens (tertiary/aromatic N) is 5. The molecule has 0 bridgehead atoms. The maximum Gasteiger partial charge on any atom is 0.264 e. The van der Waals surface area contributed by atoms with Crippen LogP contribution in [0.5, 0.6) is 0 Å². The van der Waals surface area contributed by atoms with Gasteiger partial charge in [-0.15, -0.1) is 0 Å². The maximum absolute atomic E-state index is 12.4. The summed E-state index contributed by atoms with van der Waals surface area (Å²) in [7, 11) is 1.72. The summed E-state index contributed by atoms with van der Waals surface area (Å²) in [4.78, 5) is 31.1. The van der Waals surface area contributed by atoms with Gasteiger partial charge in [-0.25, -0.2) is 4.98 Å². The average molecular weight is 354 g/mol. The monoisotopic (exact) mass is 354 g/mol. The van der Waals surface area contributed by atoms with Crippen LogP contribution in [-0.4, -0.2) is 38.3 Å². The first-order valence-corrected chi connectivity index (χ1v) is 8.55. The molecule has 0 radical (unpaired) electrons. The molecule has 3 rings (SSSR count). The van der Waals surface area contributed by atoms with Crippen molar-refractivity contribution in [3.8, 4) is 0 Å². The van der Waals surface area contributed by atoms with Crippen LogP contribution in [0.1, 0.15) is 13.8 Å². The molecule has 0 fully saturated rings. The van der Waals surface area contributed by atoms with Crippen molar-refractivity contribution in [2.75, 3.05) is 23.3 Å². The van der Waals surface area contributed by atoms with E-state index >= 15 is 0 Å². The lowest BCUT2D eigenvalue weighted by Crippen LogP contribution is -2.27. The zero-order chi connectivity index (χ0) is 18.7. The van der Waals surface area contributed by atoms with Gasteiger partial charge in [-0.3, -0.25) is 18.8 Å². The Morgan fingerprint density at radius 3 is 2.54 bits per heavy atom. The van der Waals surface area contributed by atoms with Gasteiger partial charge in [-0.1, -0.05) is 0 Å².